The van der Waals surface area contributed by atoms with Gasteiger partial charge in [-0.15, -0.1) is 0 Å². The van der Waals surface area contributed by atoms with E-state index in [4.69, 9.17) is 4.98 Å². The highest BCUT2D eigenvalue weighted by atomic mass is 16.2. The lowest BCUT2D eigenvalue weighted by molar-refractivity contribution is 0.0827. The molecule has 0 spiro atoms. The fourth-order valence-corrected chi connectivity index (χ4v) is 3.82. The number of carbonyl (C=O) groups excluding carboxylic acids is 1. The third-order valence-electron chi connectivity index (χ3n) is 5.65. The first-order valence-corrected chi connectivity index (χ1v) is 9.80. The minimum Gasteiger partial charge on any atom is -0.354 e. The quantitative estimate of drug-likeness (QED) is 0.836. The van der Waals surface area contributed by atoms with Crippen LogP contribution in [0.5, 0.6) is 0 Å². The van der Waals surface area contributed by atoms with E-state index in [-0.39, 0.29) is 5.91 Å². The van der Waals surface area contributed by atoms with Gasteiger partial charge in [-0.3, -0.25) is 9.69 Å². The molecule has 0 bridgehead atoms. The van der Waals surface area contributed by atoms with Crippen molar-refractivity contribution in [2.75, 3.05) is 45.2 Å². The van der Waals surface area contributed by atoms with Crippen LogP contribution >= 0.6 is 0 Å². The summed E-state index contributed by atoms with van der Waals surface area (Å²) < 4.78 is 0. The third kappa shape index (κ3) is 3.83. The van der Waals surface area contributed by atoms with Crippen molar-refractivity contribution in [2.45, 2.75) is 25.8 Å². The molecular formula is C22H28N4O. The number of hydrogen-bond donors (Lipinski definition) is 0. The smallest absolute Gasteiger partial charge is 0.253 e. The first kappa shape index (κ1) is 18.0. The standard InChI is InChI=1S/C22H28N4O/c1-16-14-21(26-12-10-25(11-13-26)19-8-9-19)23-15-20(16)17-4-6-18(7-5-17)22(27)24(2)3/h4-7,14-15,19H,8-13H2,1-3H3. The molecule has 5 nitrogen and oxygen atoms in total. The van der Waals surface area contributed by atoms with E-state index < -0.39 is 0 Å². The fourth-order valence-electron chi connectivity index (χ4n) is 3.82. The van der Waals surface area contributed by atoms with Crippen LogP contribution in [0.3, 0.4) is 0 Å². The maximum atomic E-state index is 12.1. The van der Waals surface area contributed by atoms with E-state index >= 15 is 0 Å². The summed E-state index contributed by atoms with van der Waals surface area (Å²) in [4.78, 5) is 23.4. The minimum atomic E-state index is 0.0251. The van der Waals surface area contributed by atoms with Crippen LogP contribution in [0.1, 0.15) is 28.8 Å². The van der Waals surface area contributed by atoms with E-state index in [1.165, 1.54) is 18.4 Å². The topological polar surface area (TPSA) is 39.7 Å². The number of piperazine rings is 1. The lowest BCUT2D eigenvalue weighted by Gasteiger charge is -2.35. The summed E-state index contributed by atoms with van der Waals surface area (Å²) in [6.45, 7) is 6.55. The molecule has 1 saturated carbocycles. The number of pyridine rings is 1. The average Bonchev–Trinajstić information content (AvgIpc) is 3.53. The molecule has 0 unspecified atom stereocenters. The lowest BCUT2D eigenvalue weighted by Crippen LogP contribution is -2.47. The first-order chi connectivity index (χ1) is 13.0. The van der Waals surface area contributed by atoms with Crippen molar-refractivity contribution in [1.82, 2.24) is 14.8 Å². The molecule has 1 aliphatic carbocycles. The maximum absolute atomic E-state index is 12.1. The van der Waals surface area contributed by atoms with Gasteiger partial charge in [-0.2, -0.15) is 0 Å². The van der Waals surface area contributed by atoms with E-state index in [0.29, 0.717) is 5.56 Å². The van der Waals surface area contributed by atoms with Crippen LogP contribution < -0.4 is 4.90 Å². The molecule has 1 saturated heterocycles. The Morgan fingerprint density at radius 1 is 1.07 bits per heavy atom. The SMILES string of the molecule is Cc1cc(N2CCN(C3CC3)CC2)ncc1-c1ccc(C(=O)N(C)C)cc1. The highest BCUT2D eigenvalue weighted by molar-refractivity contribution is 5.94. The Hall–Kier alpha value is -2.40. The number of anilines is 1. The molecule has 1 aromatic heterocycles. The number of aromatic nitrogens is 1. The molecule has 2 fully saturated rings. The zero-order valence-corrected chi connectivity index (χ0v) is 16.5. The summed E-state index contributed by atoms with van der Waals surface area (Å²) in [7, 11) is 3.54. The second kappa shape index (κ2) is 7.31. The van der Waals surface area contributed by atoms with Crippen molar-refractivity contribution >= 4 is 11.7 Å². The summed E-state index contributed by atoms with van der Waals surface area (Å²) in [5.74, 6) is 1.10. The summed E-state index contributed by atoms with van der Waals surface area (Å²) in [5.41, 5.74) is 4.15. The van der Waals surface area contributed by atoms with Crippen LogP contribution in [-0.2, 0) is 0 Å². The van der Waals surface area contributed by atoms with Crippen molar-refractivity contribution in [3.63, 3.8) is 0 Å². The predicted octanol–water partition coefficient (Wildman–Crippen LogP) is 3.04. The Morgan fingerprint density at radius 3 is 2.30 bits per heavy atom. The van der Waals surface area contributed by atoms with E-state index in [1.807, 2.05) is 30.5 Å². The monoisotopic (exact) mass is 364 g/mol. The van der Waals surface area contributed by atoms with Crippen LogP contribution in [0, 0.1) is 6.92 Å². The summed E-state index contributed by atoms with van der Waals surface area (Å²) in [5, 5.41) is 0. The minimum absolute atomic E-state index is 0.0251. The molecule has 2 heterocycles. The van der Waals surface area contributed by atoms with E-state index in [1.54, 1.807) is 19.0 Å². The Balaban J connectivity index is 1.47. The molecule has 0 atom stereocenters. The van der Waals surface area contributed by atoms with Crippen LogP contribution in [0.2, 0.25) is 0 Å². The number of rotatable bonds is 4. The second-order valence-corrected chi connectivity index (χ2v) is 7.89. The molecule has 1 amide bonds. The Morgan fingerprint density at radius 2 is 1.74 bits per heavy atom. The largest absolute Gasteiger partial charge is 0.354 e. The fraction of sp³-hybridized carbons (Fsp3) is 0.455. The zero-order chi connectivity index (χ0) is 19.0. The number of aryl methyl sites for hydroxylation is 1. The van der Waals surface area contributed by atoms with Gasteiger partial charge in [0.15, 0.2) is 0 Å². The van der Waals surface area contributed by atoms with Crippen molar-refractivity contribution in [2.24, 2.45) is 0 Å². The van der Waals surface area contributed by atoms with Gasteiger partial charge in [0.05, 0.1) is 0 Å². The van der Waals surface area contributed by atoms with Gasteiger partial charge in [-0.1, -0.05) is 12.1 Å². The van der Waals surface area contributed by atoms with Crippen molar-refractivity contribution < 1.29 is 4.79 Å². The number of amides is 1. The summed E-state index contributed by atoms with van der Waals surface area (Å²) >= 11 is 0. The first-order valence-electron chi connectivity index (χ1n) is 9.80. The zero-order valence-electron chi connectivity index (χ0n) is 16.5. The van der Waals surface area contributed by atoms with Gasteiger partial charge in [-0.05, 0) is 49.1 Å². The van der Waals surface area contributed by atoms with Gasteiger partial charge in [0.25, 0.3) is 5.91 Å². The molecule has 27 heavy (non-hydrogen) atoms. The van der Waals surface area contributed by atoms with Gasteiger partial charge in [0.2, 0.25) is 0 Å². The molecule has 0 N–H and O–H groups in total. The second-order valence-electron chi connectivity index (χ2n) is 7.89. The van der Waals surface area contributed by atoms with Gasteiger partial charge in [0, 0.05) is 63.6 Å². The molecule has 1 aliphatic heterocycles. The number of benzene rings is 1. The van der Waals surface area contributed by atoms with Gasteiger partial charge in [0.1, 0.15) is 5.82 Å². The molecule has 2 aromatic rings. The van der Waals surface area contributed by atoms with Gasteiger partial charge in [-0.25, -0.2) is 4.98 Å². The normalized spacial score (nSPS) is 17.8. The van der Waals surface area contributed by atoms with E-state index in [0.717, 1.165) is 49.2 Å². The van der Waals surface area contributed by atoms with Gasteiger partial charge < -0.3 is 9.80 Å². The Labute approximate surface area is 161 Å². The number of carbonyl (C=O) groups is 1. The van der Waals surface area contributed by atoms with Crippen LogP contribution in [0.15, 0.2) is 36.5 Å². The van der Waals surface area contributed by atoms with Crippen LogP contribution in [-0.4, -0.2) is 67.0 Å². The Kier molecular flexibility index (Phi) is 4.87. The number of hydrogen-bond acceptors (Lipinski definition) is 4. The molecule has 2 aliphatic rings. The summed E-state index contributed by atoms with van der Waals surface area (Å²) in [6.07, 6.45) is 4.73. The van der Waals surface area contributed by atoms with E-state index in [9.17, 15) is 4.79 Å². The number of nitrogens with zero attached hydrogens (tertiary/aromatic N) is 4. The van der Waals surface area contributed by atoms with Crippen LogP contribution in [0.4, 0.5) is 5.82 Å². The van der Waals surface area contributed by atoms with Crippen LogP contribution in [0.25, 0.3) is 11.1 Å². The van der Waals surface area contributed by atoms with Crippen molar-refractivity contribution in [3.8, 4) is 11.1 Å². The Bertz CT molecular complexity index is 819. The molecular weight excluding hydrogens is 336 g/mol. The molecule has 0 radical (unpaired) electrons. The molecule has 142 valence electrons. The van der Waals surface area contributed by atoms with E-state index in [2.05, 4.69) is 22.8 Å². The molecule has 5 heteroatoms. The maximum Gasteiger partial charge on any atom is 0.253 e. The predicted molar refractivity (Wildman–Crippen MR) is 109 cm³/mol. The highest BCUT2D eigenvalue weighted by Gasteiger charge is 2.31. The highest BCUT2D eigenvalue weighted by Crippen LogP contribution is 2.29. The van der Waals surface area contributed by atoms with Gasteiger partial charge >= 0.3 is 0 Å². The van der Waals surface area contributed by atoms with Crippen molar-refractivity contribution in [1.29, 1.82) is 0 Å². The third-order valence-corrected chi connectivity index (χ3v) is 5.65. The molecule has 1 aromatic carbocycles. The molecule has 4 rings (SSSR count). The summed E-state index contributed by atoms with van der Waals surface area (Å²) in [6, 6.07) is 10.8. The average molecular weight is 364 g/mol. The lowest BCUT2D eigenvalue weighted by atomic mass is 10.0. The van der Waals surface area contributed by atoms with Crippen molar-refractivity contribution in [3.05, 3.63) is 47.7 Å².